The number of likely N-dealkylation sites (tertiary alicyclic amines) is 1. The Morgan fingerprint density at radius 3 is 2.63 bits per heavy atom. The Morgan fingerprint density at radius 2 is 1.86 bits per heavy atom. The van der Waals surface area contributed by atoms with Gasteiger partial charge in [-0.25, -0.2) is 4.98 Å². The standard InChI is InChI=1S/C24H32F3N7O/c25-24(26,27)20-17-30-23(32-22(20)29-11-4-15-34-13-2-1-5-21(34)35)31-18-6-8-19(9-7-18)33-14-3-10-28-12-16-33/h6-9,17,28H,1-5,10-16H2,(H2,29,30,31,32). The molecule has 1 aromatic carbocycles. The molecule has 0 atom stereocenters. The summed E-state index contributed by atoms with van der Waals surface area (Å²) >= 11 is 0. The third kappa shape index (κ3) is 6.97. The summed E-state index contributed by atoms with van der Waals surface area (Å²) in [5.74, 6) is -0.0774. The van der Waals surface area contributed by atoms with Crippen LogP contribution in [0, 0.1) is 0 Å². The second-order valence-electron chi connectivity index (χ2n) is 8.83. The Morgan fingerprint density at radius 1 is 1.03 bits per heavy atom. The minimum atomic E-state index is -4.58. The van der Waals surface area contributed by atoms with E-state index in [1.54, 1.807) is 4.90 Å². The van der Waals surface area contributed by atoms with Crippen molar-refractivity contribution in [2.75, 3.05) is 61.3 Å². The highest BCUT2D eigenvalue weighted by Crippen LogP contribution is 2.34. The summed E-state index contributed by atoms with van der Waals surface area (Å²) in [5, 5.41) is 9.17. The Labute approximate surface area is 203 Å². The number of rotatable bonds is 8. The lowest BCUT2D eigenvalue weighted by Crippen LogP contribution is -2.36. The predicted molar refractivity (Wildman–Crippen MR) is 130 cm³/mol. The van der Waals surface area contributed by atoms with Gasteiger partial charge in [0.25, 0.3) is 0 Å². The molecule has 2 aliphatic rings. The van der Waals surface area contributed by atoms with Crippen molar-refractivity contribution in [3.63, 3.8) is 0 Å². The number of alkyl halides is 3. The van der Waals surface area contributed by atoms with E-state index in [0.717, 1.165) is 57.3 Å². The monoisotopic (exact) mass is 491 g/mol. The van der Waals surface area contributed by atoms with Crippen LogP contribution in [0.2, 0.25) is 0 Å². The third-order valence-corrected chi connectivity index (χ3v) is 6.24. The molecule has 8 nitrogen and oxygen atoms in total. The van der Waals surface area contributed by atoms with Gasteiger partial charge in [-0.1, -0.05) is 0 Å². The molecule has 3 heterocycles. The number of amides is 1. The number of carbonyl (C=O) groups excluding carboxylic acids is 1. The molecule has 2 aromatic rings. The average Bonchev–Trinajstić information content (AvgIpc) is 3.12. The van der Waals surface area contributed by atoms with Gasteiger partial charge >= 0.3 is 6.18 Å². The summed E-state index contributed by atoms with van der Waals surface area (Å²) < 4.78 is 40.5. The average molecular weight is 492 g/mol. The summed E-state index contributed by atoms with van der Waals surface area (Å²) in [5.41, 5.74) is 0.875. The fourth-order valence-electron chi connectivity index (χ4n) is 4.35. The number of hydrogen-bond donors (Lipinski definition) is 3. The molecule has 0 spiro atoms. The summed E-state index contributed by atoms with van der Waals surface area (Å²) in [6, 6.07) is 7.71. The van der Waals surface area contributed by atoms with Crippen LogP contribution < -0.4 is 20.9 Å². The van der Waals surface area contributed by atoms with E-state index in [2.05, 4.69) is 30.8 Å². The van der Waals surface area contributed by atoms with Gasteiger partial charge in [0, 0.05) is 63.3 Å². The zero-order valence-electron chi connectivity index (χ0n) is 19.7. The molecule has 3 N–H and O–H groups in total. The van der Waals surface area contributed by atoms with Crippen LogP contribution in [0.5, 0.6) is 0 Å². The van der Waals surface area contributed by atoms with Crippen molar-refractivity contribution < 1.29 is 18.0 Å². The smallest absolute Gasteiger partial charge is 0.370 e. The van der Waals surface area contributed by atoms with Crippen molar-refractivity contribution >= 4 is 29.0 Å². The largest absolute Gasteiger partial charge is 0.421 e. The lowest BCUT2D eigenvalue weighted by molar-refractivity contribution is -0.137. The van der Waals surface area contributed by atoms with Gasteiger partial charge in [-0.05, 0) is 56.5 Å². The van der Waals surface area contributed by atoms with Crippen molar-refractivity contribution in [2.45, 2.75) is 38.3 Å². The number of anilines is 4. The highest BCUT2D eigenvalue weighted by Gasteiger charge is 2.35. The molecular formula is C24H32F3N7O. The number of piperidine rings is 1. The molecule has 11 heteroatoms. The van der Waals surface area contributed by atoms with Gasteiger partial charge in [0.1, 0.15) is 11.4 Å². The first kappa shape index (κ1) is 25.0. The summed E-state index contributed by atoms with van der Waals surface area (Å²) in [4.78, 5) is 24.0. The molecule has 4 rings (SSSR count). The molecule has 0 saturated carbocycles. The van der Waals surface area contributed by atoms with Gasteiger partial charge in [0.15, 0.2) is 0 Å². The van der Waals surface area contributed by atoms with E-state index < -0.39 is 11.7 Å². The zero-order valence-corrected chi connectivity index (χ0v) is 19.7. The van der Waals surface area contributed by atoms with Crippen LogP contribution in [0.25, 0.3) is 0 Å². The molecular weight excluding hydrogens is 459 g/mol. The number of hydrogen-bond acceptors (Lipinski definition) is 7. The zero-order chi connectivity index (χ0) is 24.7. The van der Waals surface area contributed by atoms with E-state index in [1.165, 1.54) is 0 Å². The number of carbonyl (C=O) groups is 1. The van der Waals surface area contributed by atoms with Crippen LogP contribution in [0.15, 0.2) is 30.5 Å². The van der Waals surface area contributed by atoms with Crippen LogP contribution >= 0.6 is 0 Å². The normalized spacial score (nSPS) is 17.3. The molecule has 0 unspecified atom stereocenters. The van der Waals surface area contributed by atoms with Gasteiger partial charge in [-0.15, -0.1) is 0 Å². The number of nitrogens with zero attached hydrogens (tertiary/aromatic N) is 4. The maximum absolute atomic E-state index is 13.5. The van der Waals surface area contributed by atoms with Crippen molar-refractivity contribution in [3.8, 4) is 0 Å². The third-order valence-electron chi connectivity index (χ3n) is 6.24. The van der Waals surface area contributed by atoms with Gasteiger partial charge in [0.05, 0.1) is 0 Å². The van der Waals surface area contributed by atoms with E-state index in [0.29, 0.717) is 31.6 Å². The van der Waals surface area contributed by atoms with Crippen molar-refractivity contribution in [2.24, 2.45) is 0 Å². The second kappa shape index (κ2) is 11.6. The van der Waals surface area contributed by atoms with E-state index in [9.17, 15) is 18.0 Å². The Kier molecular flexibility index (Phi) is 8.27. The summed E-state index contributed by atoms with van der Waals surface area (Å²) in [7, 11) is 0. The molecule has 2 fully saturated rings. The van der Waals surface area contributed by atoms with Crippen molar-refractivity contribution in [1.29, 1.82) is 0 Å². The van der Waals surface area contributed by atoms with Crippen molar-refractivity contribution in [3.05, 3.63) is 36.0 Å². The first-order valence-electron chi connectivity index (χ1n) is 12.2. The topological polar surface area (TPSA) is 85.4 Å². The summed E-state index contributed by atoms with van der Waals surface area (Å²) in [6.07, 6.45) is 0.236. The van der Waals surface area contributed by atoms with Crippen LogP contribution in [0.3, 0.4) is 0 Å². The van der Waals surface area contributed by atoms with Gasteiger partial charge in [-0.2, -0.15) is 18.2 Å². The minimum Gasteiger partial charge on any atom is -0.370 e. The lowest BCUT2D eigenvalue weighted by Gasteiger charge is -2.26. The van der Waals surface area contributed by atoms with Crippen molar-refractivity contribution in [1.82, 2.24) is 20.2 Å². The Hall–Kier alpha value is -3.08. The second-order valence-corrected chi connectivity index (χ2v) is 8.83. The van der Waals surface area contributed by atoms with E-state index >= 15 is 0 Å². The molecule has 35 heavy (non-hydrogen) atoms. The molecule has 190 valence electrons. The number of aromatic nitrogens is 2. The Bertz CT molecular complexity index is 976. The minimum absolute atomic E-state index is 0.0819. The predicted octanol–water partition coefficient (Wildman–Crippen LogP) is 3.85. The first-order valence-corrected chi connectivity index (χ1v) is 12.2. The molecule has 2 aliphatic heterocycles. The number of halogens is 3. The van der Waals surface area contributed by atoms with E-state index in [1.807, 2.05) is 24.3 Å². The SMILES string of the molecule is O=C1CCCCN1CCCNc1nc(Nc2ccc(N3CCCNCC3)cc2)ncc1C(F)(F)F. The van der Waals surface area contributed by atoms with Crippen LogP contribution in [-0.2, 0) is 11.0 Å². The lowest BCUT2D eigenvalue weighted by atomic mass is 10.1. The van der Waals surface area contributed by atoms with E-state index in [4.69, 9.17) is 0 Å². The Balaban J connectivity index is 1.39. The first-order chi connectivity index (χ1) is 16.9. The molecule has 1 aromatic heterocycles. The fourth-order valence-corrected chi connectivity index (χ4v) is 4.35. The molecule has 2 saturated heterocycles. The molecule has 0 aliphatic carbocycles. The van der Waals surface area contributed by atoms with Gasteiger partial charge < -0.3 is 25.8 Å². The highest BCUT2D eigenvalue weighted by molar-refractivity contribution is 5.76. The highest BCUT2D eigenvalue weighted by atomic mass is 19.4. The van der Waals surface area contributed by atoms with Gasteiger partial charge in [0.2, 0.25) is 11.9 Å². The van der Waals surface area contributed by atoms with Crippen LogP contribution in [-0.4, -0.2) is 66.6 Å². The van der Waals surface area contributed by atoms with Crippen LogP contribution in [0.4, 0.5) is 36.3 Å². The fraction of sp³-hybridized carbons (Fsp3) is 0.542. The number of benzene rings is 1. The maximum Gasteiger partial charge on any atom is 0.421 e. The maximum atomic E-state index is 13.5. The quantitative estimate of drug-likeness (QED) is 0.484. The molecule has 0 bridgehead atoms. The molecule has 0 radical (unpaired) electrons. The van der Waals surface area contributed by atoms with E-state index in [-0.39, 0.29) is 24.2 Å². The summed E-state index contributed by atoms with van der Waals surface area (Å²) in [6.45, 7) is 5.34. The van der Waals surface area contributed by atoms with Gasteiger partial charge in [-0.3, -0.25) is 4.79 Å². The molecule has 1 amide bonds. The van der Waals surface area contributed by atoms with Crippen LogP contribution in [0.1, 0.15) is 37.7 Å². The number of nitrogens with one attached hydrogen (secondary N) is 3.